The molecule has 3 aromatic carbocycles. The smallest absolute Gasteiger partial charge is 0.258 e. The number of benzene rings is 3. The van der Waals surface area contributed by atoms with E-state index in [1.54, 1.807) is 42.3 Å². The molecule has 6 nitrogen and oxygen atoms in total. The third kappa shape index (κ3) is 3.94. The zero-order valence-corrected chi connectivity index (χ0v) is 17.1. The highest BCUT2D eigenvalue weighted by molar-refractivity contribution is 6.10. The van der Waals surface area contributed by atoms with Gasteiger partial charge in [0.15, 0.2) is 11.5 Å². The Balaban J connectivity index is 1.58. The average Bonchev–Trinajstić information content (AvgIpc) is 3.23. The van der Waals surface area contributed by atoms with Crippen molar-refractivity contribution in [1.29, 1.82) is 0 Å². The van der Waals surface area contributed by atoms with Crippen molar-refractivity contribution < 1.29 is 23.5 Å². The number of rotatable bonds is 5. The van der Waals surface area contributed by atoms with E-state index in [1.807, 2.05) is 6.07 Å². The third-order valence-electron chi connectivity index (χ3n) is 5.25. The van der Waals surface area contributed by atoms with E-state index in [0.29, 0.717) is 47.0 Å². The van der Waals surface area contributed by atoms with Crippen LogP contribution in [0.3, 0.4) is 0 Å². The second kappa shape index (κ2) is 8.47. The Morgan fingerprint density at radius 1 is 0.968 bits per heavy atom. The average molecular weight is 420 g/mol. The maximum Gasteiger partial charge on any atom is 0.258 e. The molecule has 0 aliphatic carbocycles. The minimum atomic E-state index is -0.396. The fourth-order valence-electron chi connectivity index (χ4n) is 3.72. The highest BCUT2D eigenvalue weighted by Gasteiger charge is 2.29. The Morgan fingerprint density at radius 2 is 1.71 bits per heavy atom. The molecule has 1 heterocycles. The maximum atomic E-state index is 13.2. The van der Waals surface area contributed by atoms with Crippen LogP contribution >= 0.6 is 0 Å². The summed E-state index contributed by atoms with van der Waals surface area (Å²) in [6, 6.07) is 15.9. The van der Waals surface area contributed by atoms with Crippen LogP contribution in [-0.2, 0) is 6.42 Å². The van der Waals surface area contributed by atoms with E-state index in [2.05, 4.69) is 5.32 Å². The van der Waals surface area contributed by atoms with E-state index >= 15 is 0 Å². The second-order valence-corrected chi connectivity index (χ2v) is 7.04. The number of methoxy groups -OCH3 is 2. The van der Waals surface area contributed by atoms with E-state index in [4.69, 9.17) is 9.47 Å². The van der Waals surface area contributed by atoms with Crippen molar-refractivity contribution in [3.8, 4) is 11.5 Å². The lowest BCUT2D eigenvalue weighted by atomic mass is 10.0. The SMILES string of the molecule is COc1ccc(NC(=O)c2cccc3c2CCN3C(=O)c2ccc(F)cc2)cc1OC. The van der Waals surface area contributed by atoms with Gasteiger partial charge in [0, 0.05) is 35.1 Å². The third-order valence-corrected chi connectivity index (χ3v) is 5.25. The van der Waals surface area contributed by atoms with E-state index in [0.717, 1.165) is 5.56 Å². The van der Waals surface area contributed by atoms with Gasteiger partial charge in [0.1, 0.15) is 5.82 Å². The lowest BCUT2D eigenvalue weighted by Gasteiger charge is -2.18. The predicted octanol–water partition coefficient (Wildman–Crippen LogP) is 4.30. The summed E-state index contributed by atoms with van der Waals surface area (Å²) in [5.74, 6) is 0.176. The highest BCUT2D eigenvalue weighted by Crippen LogP contribution is 2.33. The number of carbonyl (C=O) groups is 2. The highest BCUT2D eigenvalue weighted by atomic mass is 19.1. The number of carbonyl (C=O) groups excluding carboxylic acids is 2. The van der Waals surface area contributed by atoms with Crippen molar-refractivity contribution in [2.45, 2.75) is 6.42 Å². The Hall–Kier alpha value is -3.87. The summed E-state index contributed by atoms with van der Waals surface area (Å²) in [6.07, 6.45) is 0.553. The Labute approximate surface area is 179 Å². The number of fused-ring (bicyclic) bond motifs is 1. The number of ether oxygens (including phenoxy) is 2. The number of halogens is 1. The molecule has 1 aliphatic heterocycles. The van der Waals surface area contributed by atoms with E-state index in [9.17, 15) is 14.0 Å². The van der Waals surface area contributed by atoms with Crippen LogP contribution in [0.4, 0.5) is 15.8 Å². The first kappa shape index (κ1) is 20.4. The summed E-state index contributed by atoms with van der Waals surface area (Å²) in [7, 11) is 3.07. The maximum absolute atomic E-state index is 13.2. The second-order valence-electron chi connectivity index (χ2n) is 7.04. The lowest BCUT2D eigenvalue weighted by Crippen LogP contribution is -2.28. The zero-order chi connectivity index (χ0) is 22.0. The number of anilines is 2. The van der Waals surface area contributed by atoms with Gasteiger partial charge >= 0.3 is 0 Å². The quantitative estimate of drug-likeness (QED) is 0.668. The topological polar surface area (TPSA) is 67.9 Å². The molecule has 0 unspecified atom stereocenters. The first-order valence-corrected chi connectivity index (χ1v) is 9.74. The Kier molecular flexibility index (Phi) is 5.58. The van der Waals surface area contributed by atoms with Gasteiger partial charge in [0.2, 0.25) is 0 Å². The largest absolute Gasteiger partial charge is 0.493 e. The van der Waals surface area contributed by atoms with Crippen molar-refractivity contribution >= 4 is 23.2 Å². The van der Waals surface area contributed by atoms with Gasteiger partial charge < -0.3 is 19.7 Å². The molecule has 0 bridgehead atoms. The monoisotopic (exact) mass is 420 g/mol. The standard InChI is InChI=1S/C24H21FN2O4/c1-30-21-11-10-17(14-22(21)31-2)26-23(28)19-4-3-5-20-18(19)12-13-27(20)24(29)15-6-8-16(25)9-7-15/h3-11,14H,12-13H2,1-2H3,(H,26,28). The fourth-order valence-corrected chi connectivity index (χ4v) is 3.72. The molecule has 7 heteroatoms. The Bertz CT molecular complexity index is 1140. The molecular formula is C24H21FN2O4. The summed E-state index contributed by atoms with van der Waals surface area (Å²) in [5.41, 5.74) is 2.96. The van der Waals surface area contributed by atoms with Gasteiger partial charge in [-0.05, 0) is 60.5 Å². The molecule has 0 radical (unpaired) electrons. The normalized spacial score (nSPS) is 12.3. The van der Waals surface area contributed by atoms with Crippen molar-refractivity contribution in [3.05, 3.63) is 83.2 Å². The van der Waals surface area contributed by atoms with Gasteiger partial charge in [0.05, 0.1) is 14.2 Å². The van der Waals surface area contributed by atoms with Crippen LogP contribution in [0.15, 0.2) is 60.7 Å². The molecule has 2 amide bonds. The molecule has 0 saturated heterocycles. The number of hydrogen-bond donors (Lipinski definition) is 1. The van der Waals surface area contributed by atoms with Gasteiger partial charge in [0.25, 0.3) is 11.8 Å². The zero-order valence-electron chi connectivity index (χ0n) is 17.1. The van der Waals surface area contributed by atoms with Crippen LogP contribution < -0.4 is 19.7 Å². The molecule has 31 heavy (non-hydrogen) atoms. The minimum Gasteiger partial charge on any atom is -0.493 e. The van der Waals surface area contributed by atoms with Crippen molar-refractivity contribution in [3.63, 3.8) is 0 Å². The first-order valence-electron chi connectivity index (χ1n) is 9.74. The summed E-state index contributed by atoms with van der Waals surface area (Å²) >= 11 is 0. The molecular weight excluding hydrogens is 399 g/mol. The van der Waals surface area contributed by atoms with E-state index in [-0.39, 0.29) is 11.8 Å². The summed E-state index contributed by atoms with van der Waals surface area (Å²) in [5, 5.41) is 2.88. The van der Waals surface area contributed by atoms with Gasteiger partial charge in [-0.2, -0.15) is 0 Å². The van der Waals surface area contributed by atoms with Gasteiger partial charge in [-0.1, -0.05) is 6.07 Å². The van der Waals surface area contributed by atoms with Crippen molar-refractivity contribution in [1.82, 2.24) is 0 Å². The number of amides is 2. The van der Waals surface area contributed by atoms with Crippen LogP contribution in [0.25, 0.3) is 0 Å². The van der Waals surface area contributed by atoms with E-state index in [1.165, 1.54) is 31.4 Å². The summed E-state index contributed by atoms with van der Waals surface area (Å²) < 4.78 is 23.7. The predicted molar refractivity (Wildman–Crippen MR) is 116 cm³/mol. The number of hydrogen-bond acceptors (Lipinski definition) is 4. The molecule has 0 atom stereocenters. The molecule has 0 fully saturated rings. The summed E-state index contributed by atoms with van der Waals surface area (Å²) in [6.45, 7) is 0.451. The van der Waals surface area contributed by atoms with Crippen LogP contribution in [0.1, 0.15) is 26.3 Å². The van der Waals surface area contributed by atoms with Crippen molar-refractivity contribution in [2.75, 3.05) is 31.0 Å². The number of nitrogens with zero attached hydrogens (tertiary/aromatic N) is 1. The van der Waals surface area contributed by atoms with E-state index < -0.39 is 5.82 Å². The molecule has 4 rings (SSSR count). The Morgan fingerprint density at radius 3 is 2.42 bits per heavy atom. The summed E-state index contributed by atoms with van der Waals surface area (Å²) in [4.78, 5) is 27.5. The fraction of sp³-hybridized carbons (Fsp3) is 0.167. The van der Waals surface area contributed by atoms with Gasteiger partial charge in [-0.25, -0.2) is 4.39 Å². The molecule has 0 saturated carbocycles. The molecule has 1 aliphatic rings. The van der Waals surface area contributed by atoms with Gasteiger partial charge in [-0.3, -0.25) is 9.59 Å². The molecule has 0 aromatic heterocycles. The van der Waals surface area contributed by atoms with Crippen molar-refractivity contribution in [2.24, 2.45) is 0 Å². The van der Waals surface area contributed by atoms with Crippen LogP contribution in [0.2, 0.25) is 0 Å². The van der Waals surface area contributed by atoms with Crippen LogP contribution in [0, 0.1) is 5.82 Å². The van der Waals surface area contributed by atoms with Crippen LogP contribution in [-0.4, -0.2) is 32.6 Å². The molecule has 1 N–H and O–H groups in total. The minimum absolute atomic E-state index is 0.226. The van der Waals surface area contributed by atoms with Crippen LogP contribution in [0.5, 0.6) is 11.5 Å². The first-order chi connectivity index (χ1) is 15.0. The molecule has 0 spiro atoms. The molecule has 3 aromatic rings. The van der Waals surface area contributed by atoms with Gasteiger partial charge in [-0.15, -0.1) is 0 Å². The lowest BCUT2D eigenvalue weighted by molar-refractivity contribution is 0.0987. The number of nitrogens with one attached hydrogen (secondary N) is 1. The molecule has 158 valence electrons.